The van der Waals surface area contributed by atoms with Gasteiger partial charge in [-0.05, 0) is 18.0 Å². The summed E-state index contributed by atoms with van der Waals surface area (Å²) in [7, 11) is 0. The molecule has 0 aliphatic carbocycles. The molecule has 0 aliphatic heterocycles. The second kappa shape index (κ2) is 4.60. The standard InChI is InChI=1S/C13H12N4/c1-9-4-2-5-10(8-9)11-6-3-7-12(13(11)14)16-17-15/h2-8H,14H2,1H3. The van der Waals surface area contributed by atoms with E-state index >= 15 is 0 Å². The van der Waals surface area contributed by atoms with Crippen LogP contribution in [0.15, 0.2) is 47.6 Å². The van der Waals surface area contributed by atoms with Gasteiger partial charge in [0.25, 0.3) is 0 Å². The number of hydrogen-bond donors (Lipinski definition) is 1. The summed E-state index contributed by atoms with van der Waals surface area (Å²) < 4.78 is 0. The summed E-state index contributed by atoms with van der Waals surface area (Å²) in [5, 5.41) is 3.57. The number of hydrogen-bond acceptors (Lipinski definition) is 2. The zero-order chi connectivity index (χ0) is 12.3. The number of anilines is 1. The van der Waals surface area contributed by atoms with Crippen LogP contribution in [0.4, 0.5) is 11.4 Å². The van der Waals surface area contributed by atoms with E-state index in [1.807, 2.05) is 43.3 Å². The van der Waals surface area contributed by atoms with E-state index in [4.69, 9.17) is 11.3 Å². The molecule has 2 N–H and O–H groups in total. The third kappa shape index (κ3) is 2.22. The molecule has 0 unspecified atom stereocenters. The van der Waals surface area contributed by atoms with Crippen LogP contribution in [0.2, 0.25) is 0 Å². The van der Waals surface area contributed by atoms with Crippen LogP contribution in [0.1, 0.15) is 5.56 Å². The lowest BCUT2D eigenvalue weighted by molar-refractivity contribution is 1.45. The first kappa shape index (κ1) is 11.0. The number of para-hydroxylation sites is 1. The van der Waals surface area contributed by atoms with Gasteiger partial charge in [-0.25, -0.2) is 0 Å². The quantitative estimate of drug-likeness (QED) is 0.353. The van der Waals surface area contributed by atoms with Crippen molar-refractivity contribution in [2.75, 3.05) is 5.73 Å². The molecule has 0 bridgehead atoms. The molecule has 0 fully saturated rings. The monoisotopic (exact) mass is 224 g/mol. The molecule has 2 aromatic carbocycles. The Morgan fingerprint density at radius 3 is 2.65 bits per heavy atom. The molecule has 0 saturated carbocycles. The summed E-state index contributed by atoms with van der Waals surface area (Å²) in [5.41, 5.74) is 18.5. The first-order chi connectivity index (χ1) is 8.22. The largest absolute Gasteiger partial charge is 0.398 e. The lowest BCUT2D eigenvalue weighted by Gasteiger charge is -2.08. The van der Waals surface area contributed by atoms with E-state index in [2.05, 4.69) is 10.0 Å². The highest BCUT2D eigenvalue weighted by molar-refractivity contribution is 5.84. The zero-order valence-corrected chi connectivity index (χ0v) is 9.46. The first-order valence-corrected chi connectivity index (χ1v) is 5.23. The van der Waals surface area contributed by atoms with Gasteiger partial charge in [0, 0.05) is 16.2 Å². The minimum Gasteiger partial charge on any atom is -0.398 e. The van der Waals surface area contributed by atoms with Gasteiger partial charge in [0.05, 0.1) is 5.69 Å². The molecule has 0 aromatic heterocycles. The van der Waals surface area contributed by atoms with Crippen LogP contribution in [-0.2, 0) is 0 Å². The summed E-state index contributed by atoms with van der Waals surface area (Å²) in [6.45, 7) is 2.02. The van der Waals surface area contributed by atoms with Crippen molar-refractivity contribution in [3.8, 4) is 11.1 Å². The number of rotatable bonds is 2. The smallest absolute Gasteiger partial charge is 0.0611 e. The van der Waals surface area contributed by atoms with Gasteiger partial charge in [-0.15, -0.1) is 0 Å². The highest BCUT2D eigenvalue weighted by Crippen LogP contribution is 2.33. The van der Waals surface area contributed by atoms with Gasteiger partial charge in [-0.3, -0.25) is 0 Å². The van der Waals surface area contributed by atoms with Gasteiger partial charge in [0.15, 0.2) is 0 Å². The highest BCUT2D eigenvalue weighted by Gasteiger charge is 2.05. The number of nitrogens with zero attached hydrogens (tertiary/aromatic N) is 3. The Morgan fingerprint density at radius 1 is 1.18 bits per heavy atom. The molecular formula is C13H12N4. The highest BCUT2D eigenvalue weighted by atomic mass is 15.1. The van der Waals surface area contributed by atoms with Crippen molar-refractivity contribution in [1.82, 2.24) is 0 Å². The van der Waals surface area contributed by atoms with Crippen LogP contribution in [-0.4, -0.2) is 0 Å². The van der Waals surface area contributed by atoms with Gasteiger partial charge in [-0.2, -0.15) is 0 Å². The lowest BCUT2D eigenvalue weighted by Crippen LogP contribution is -1.90. The van der Waals surface area contributed by atoms with Crippen LogP contribution in [0.25, 0.3) is 21.6 Å². The topological polar surface area (TPSA) is 74.8 Å². The van der Waals surface area contributed by atoms with Crippen molar-refractivity contribution in [3.05, 3.63) is 58.5 Å². The van der Waals surface area contributed by atoms with E-state index in [0.717, 1.165) is 16.7 Å². The Balaban J connectivity index is 2.60. The maximum atomic E-state index is 8.45. The Bertz CT molecular complexity index is 598. The van der Waals surface area contributed by atoms with Crippen molar-refractivity contribution in [3.63, 3.8) is 0 Å². The maximum absolute atomic E-state index is 8.45. The normalized spacial score (nSPS) is 9.71. The number of benzene rings is 2. The minimum atomic E-state index is 0.464. The van der Waals surface area contributed by atoms with Crippen molar-refractivity contribution >= 4 is 11.4 Å². The molecule has 4 nitrogen and oxygen atoms in total. The summed E-state index contributed by atoms with van der Waals surface area (Å²) in [6, 6.07) is 13.5. The van der Waals surface area contributed by atoms with Crippen molar-refractivity contribution in [1.29, 1.82) is 0 Å². The second-order valence-electron chi connectivity index (χ2n) is 3.80. The fraction of sp³-hybridized carbons (Fsp3) is 0.0769. The van der Waals surface area contributed by atoms with E-state index in [1.165, 1.54) is 0 Å². The molecule has 2 rings (SSSR count). The Kier molecular flexibility index (Phi) is 2.99. The number of azide groups is 1. The Morgan fingerprint density at radius 2 is 1.94 bits per heavy atom. The van der Waals surface area contributed by atoms with E-state index in [9.17, 15) is 0 Å². The third-order valence-electron chi connectivity index (χ3n) is 2.56. The predicted octanol–water partition coefficient (Wildman–Crippen LogP) is 4.19. The van der Waals surface area contributed by atoms with Crippen molar-refractivity contribution < 1.29 is 0 Å². The first-order valence-electron chi connectivity index (χ1n) is 5.23. The minimum absolute atomic E-state index is 0.464. The molecule has 0 atom stereocenters. The summed E-state index contributed by atoms with van der Waals surface area (Å²) >= 11 is 0. The Labute approximate surface area is 99.3 Å². The summed E-state index contributed by atoms with van der Waals surface area (Å²) in [6.07, 6.45) is 0. The average molecular weight is 224 g/mol. The van der Waals surface area contributed by atoms with Crippen molar-refractivity contribution in [2.45, 2.75) is 6.92 Å². The molecule has 4 heteroatoms. The fourth-order valence-electron chi connectivity index (χ4n) is 1.75. The van der Waals surface area contributed by atoms with Crippen LogP contribution < -0.4 is 5.73 Å². The van der Waals surface area contributed by atoms with E-state index in [-0.39, 0.29) is 0 Å². The molecule has 0 aliphatic rings. The van der Waals surface area contributed by atoms with Gasteiger partial charge in [0.2, 0.25) is 0 Å². The van der Waals surface area contributed by atoms with Crippen LogP contribution in [0.5, 0.6) is 0 Å². The fourth-order valence-corrected chi connectivity index (χ4v) is 1.75. The van der Waals surface area contributed by atoms with Crippen LogP contribution in [0, 0.1) is 6.92 Å². The number of nitrogen functional groups attached to an aromatic ring is 1. The van der Waals surface area contributed by atoms with Crippen LogP contribution >= 0.6 is 0 Å². The van der Waals surface area contributed by atoms with E-state index in [0.29, 0.717) is 11.4 Å². The van der Waals surface area contributed by atoms with Crippen molar-refractivity contribution in [2.24, 2.45) is 5.11 Å². The zero-order valence-electron chi connectivity index (χ0n) is 9.46. The average Bonchev–Trinajstić information content (AvgIpc) is 2.32. The van der Waals surface area contributed by atoms with Gasteiger partial charge >= 0.3 is 0 Å². The van der Waals surface area contributed by atoms with E-state index < -0.39 is 0 Å². The Hall–Kier alpha value is -2.45. The van der Waals surface area contributed by atoms with Gasteiger partial charge in [0.1, 0.15) is 0 Å². The van der Waals surface area contributed by atoms with Gasteiger partial charge < -0.3 is 5.73 Å². The van der Waals surface area contributed by atoms with Gasteiger partial charge in [-0.1, -0.05) is 53.1 Å². The predicted molar refractivity (Wildman–Crippen MR) is 69.8 cm³/mol. The SMILES string of the molecule is Cc1cccc(-c2cccc(N=[N+]=[N-])c2N)c1. The third-order valence-corrected chi connectivity index (χ3v) is 2.56. The number of nitrogens with two attached hydrogens (primary N) is 1. The lowest BCUT2D eigenvalue weighted by atomic mass is 10.0. The molecule has 84 valence electrons. The molecule has 2 aromatic rings. The molecular weight excluding hydrogens is 212 g/mol. The maximum Gasteiger partial charge on any atom is 0.0611 e. The molecule has 0 heterocycles. The summed E-state index contributed by atoms with van der Waals surface area (Å²) in [5.74, 6) is 0. The second-order valence-corrected chi connectivity index (χ2v) is 3.80. The van der Waals surface area contributed by atoms with Crippen LogP contribution in [0.3, 0.4) is 0 Å². The molecule has 0 spiro atoms. The number of aryl methyl sites for hydroxylation is 1. The molecule has 0 radical (unpaired) electrons. The molecule has 17 heavy (non-hydrogen) atoms. The summed E-state index contributed by atoms with van der Waals surface area (Å²) in [4.78, 5) is 2.76. The van der Waals surface area contributed by atoms with E-state index in [1.54, 1.807) is 6.07 Å². The molecule has 0 amide bonds. The molecule has 0 saturated heterocycles.